The van der Waals surface area contributed by atoms with Gasteiger partial charge >= 0.3 is 5.97 Å². The van der Waals surface area contributed by atoms with Crippen LogP contribution in [0.1, 0.15) is 76.5 Å². The Bertz CT molecular complexity index is 874. The molecule has 0 radical (unpaired) electrons. The molecule has 2 unspecified atom stereocenters. The number of imide groups is 1. The summed E-state index contributed by atoms with van der Waals surface area (Å²) in [6.07, 6.45) is 5.37. The van der Waals surface area contributed by atoms with Crippen LogP contribution in [0.25, 0.3) is 0 Å². The van der Waals surface area contributed by atoms with E-state index < -0.39 is 11.9 Å². The lowest BCUT2D eigenvalue weighted by molar-refractivity contribution is -0.143. The molecule has 29 heavy (non-hydrogen) atoms. The van der Waals surface area contributed by atoms with Gasteiger partial charge in [0.1, 0.15) is 0 Å². The number of carboxylic acid groups (broad SMARTS) is 1. The van der Waals surface area contributed by atoms with E-state index in [-0.39, 0.29) is 41.8 Å². The van der Waals surface area contributed by atoms with E-state index in [4.69, 9.17) is 0 Å². The summed E-state index contributed by atoms with van der Waals surface area (Å²) in [6.45, 7) is 2.58. The molecule has 2 atom stereocenters. The number of benzene rings is 1. The van der Waals surface area contributed by atoms with E-state index in [1.807, 2.05) is 6.92 Å². The molecule has 0 spiro atoms. The number of hydrogen-bond acceptors (Lipinski definition) is 4. The van der Waals surface area contributed by atoms with Crippen LogP contribution in [0.15, 0.2) is 18.2 Å². The highest BCUT2D eigenvalue weighted by Crippen LogP contribution is 2.32. The lowest BCUT2D eigenvalue weighted by Crippen LogP contribution is -2.45. The lowest BCUT2D eigenvalue weighted by atomic mass is 9.90. The number of rotatable bonds is 3. The maximum atomic E-state index is 13.0. The molecule has 2 aliphatic heterocycles. The Hall–Kier alpha value is -2.70. The molecule has 7 nitrogen and oxygen atoms in total. The third-order valence-corrected chi connectivity index (χ3v) is 6.40. The zero-order valence-corrected chi connectivity index (χ0v) is 16.6. The SMILES string of the molecule is CC1CC(C(=O)O)CN(C(=O)c2ccc3c(c2)C(=O)N(C2CCCCC2)C3=O)C1. The average Bonchev–Trinajstić information content (AvgIpc) is 2.97. The number of carbonyl (C=O) groups is 4. The van der Waals surface area contributed by atoms with Gasteiger partial charge in [-0.3, -0.25) is 24.1 Å². The highest BCUT2D eigenvalue weighted by Gasteiger charge is 2.41. The van der Waals surface area contributed by atoms with Crippen LogP contribution in [0.2, 0.25) is 0 Å². The smallest absolute Gasteiger partial charge is 0.308 e. The van der Waals surface area contributed by atoms with Crippen LogP contribution in [0, 0.1) is 11.8 Å². The van der Waals surface area contributed by atoms with Gasteiger partial charge in [0, 0.05) is 24.7 Å². The van der Waals surface area contributed by atoms with Crippen molar-refractivity contribution in [1.29, 1.82) is 0 Å². The fourth-order valence-electron chi connectivity index (χ4n) is 4.94. The van der Waals surface area contributed by atoms with Gasteiger partial charge in [-0.15, -0.1) is 0 Å². The summed E-state index contributed by atoms with van der Waals surface area (Å²) in [5, 5.41) is 9.34. The minimum Gasteiger partial charge on any atom is -0.481 e. The van der Waals surface area contributed by atoms with Crippen molar-refractivity contribution < 1.29 is 24.3 Å². The third-order valence-electron chi connectivity index (χ3n) is 6.40. The zero-order valence-electron chi connectivity index (χ0n) is 16.6. The highest BCUT2D eigenvalue weighted by molar-refractivity contribution is 6.22. The van der Waals surface area contributed by atoms with Gasteiger partial charge in [-0.2, -0.15) is 0 Å². The van der Waals surface area contributed by atoms with Gasteiger partial charge in [0.05, 0.1) is 17.0 Å². The molecule has 1 saturated heterocycles. The number of hydrogen-bond donors (Lipinski definition) is 1. The molecule has 1 aromatic carbocycles. The number of carboxylic acids is 1. The zero-order chi connectivity index (χ0) is 20.7. The average molecular weight is 398 g/mol. The second-order valence-electron chi connectivity index (χ2n) is 8.62. The molecule has 7 heteroatoms. The van der Waals surface area contributed by atoms with E-state index in [1.54, 1.807) is 17.0 Å². The highest BCUT2D eigenvalue weighted by atomic mass is 16.4. The molecule has 2 fully saturated rings. The first kappa shape index (κ1) is 19.6. The minimum atomic E-state index is -0.896. The van der Waals surface area contributed by atoms with Gasteiger partial charge in [0.15, 0.2) is 0 Å². The fraction of sp³-hybridized carbons (Fsp3) is 0.545. The van der Waals surface area contributed by atoms with Crippen molar-refractivity contribution in [3.8, 4) is 0 Å². The van der Waals surface area contributed by atoms with Gasteiger partial charge in [0.25, 0.3) is 17.7 Å². The molecule has 0 aromatic heterocycles. The Labute approximate surface area is 169 Å². The lowest BCUT2D eigenvalue weighted by Gasteiger charge is -2.34. The quantitative estimate of drug-likeness (QED) is 0.790. The number of fused-ring (bicyclic) bond motifs is 1. The van der Waals surface area contributed by atoms with Crippen molar-refractivity contribution in [2.45, 2.75) is 51.5 Å². The summed E-state index contributed by atoms with van der Waals surface area (Å²) in [6, 6.07) is 4.59. The number of nitrogens with zero attached hydrogens (tertiary/aromatic N) is 2. The summed E-state index contributed by atoms with van der Waals surface area (Å²) < 4.78 is 0. The monoisotopic (exact) mass is 398 g/mol. The normalized spacial score (nSPS) is 25.3. The number of amides is 3. The Balaban J connectivity index is 1.57. The topological polar surface area (TPSA) is 95.0 Å². The first-order valence-electron chi connectivity index (χ1n) is 10.4. The van der Waals surface area contributed by atoms with Crippen LogP contribution in [0.3, 0.4) is 0 Å². The molecule has 1 aliphatic carbocycles. The summed E-state index contributed by atoms with van der Waals surface area (Å²) in [4.78, 5) is 53.1. The van der Waals surface area contributed by atoms with Gasteiger partial charge < -0.3 is 10.0 Å². The van der Waals surface area contributed by atoms with E-state index in [0.29, 0.717) is 24.1 Å². The molecule has 3 aliphatic rings. The van der Waals surface area contributed by atoms with E-state index in [2.05, 4.69) is 0 Å². The molecule has 1 saturated carbocycles. The van der Waals surface area contributed by atoms with Crippen molar-refractivity contribution in [1.82, 2.24) is 9.80 Å². The molecule has 4 rings (SSSR count). The first-order valence-corrected chi connectivity index (χ1v) is 10.4. The van der Waals surface area contributed by atoms with Crippen LogP contribution < -0.4 is 0 Å². The predicted octanol–water partition coefficient (Wildman–Crippen LogP) is 2.80. The summed E-state index contributed by atoms with van der Waals surface area (Å²) >= 11 is 0. The predicted molar refractivity (Wildman–Crippen MR) is 105 cm³/mol. The van der Waals surface area contributed by atoms with Gasteiger partial charge in [0.2, 0.25) is 0 Å². The molecule has 3 amide bonds. The number of aliphatic carboxylic acids is 1. The largest absolute Gasteiger partial charge is 0.481 e. The third kappa shape index (κ3) is 3.54. The fourth-order valence-corrected chi connectivity index (χ4v) is 4.94. The standard InChI is InChI=1S/C22H26N2O5/c1-13-9-15(22(28)29)12-23(11-13)19(25)14-7-8-17-18(10-14)21(27)24(20(17)26)16-5-3-2-4-6-16/h7-8,10,13,15-16H,2-6,9,11-12H2,1H3,(H,28,29). The summed E-state index contributed by atoms with van der Waals surface area (Å²) in [7, 11) is 0. The Kier molecular flexibility index (Phi) is 5.15. The van der Waals surface area contributed by atoms with Crippen molar-refractivity contribution in [3.05, 3.63) is 34.9 Å². The molecular formula is C22H26N2O5. The molecule has 154 valence electrons. The number of likely N-dealkylation sites (tertiary alicyclic amines) is 1. The van der Waals surface area contributed by atoms with Crippen molar-refractivity contribution in [2.24, 2.45) is 11.8 Å². The van der Waals surface area contributed by atoms with Crippen LogP contribution in [-0.2, 0) is 4.79 Å². The summed E-state index contributed by atoms with van der Waals surface area (Å²) in [5.41, 5.74) is 0.965. The van der Waals surface area contributed by atoms with E-state index in [0.717, 1.165) is 32.1 Å². The Morgan fingerprint density at radius 1 is 1.00 bits per heavy atom. The maximum Gasteiger partial charge on any atom is 0.308 e. The van der Waals surface area contributed by atoms with Gasteiger partial charge in [-0.1, -0.05) is 26.2 Å². The van der Waals surface area contributed by atoms with Crippen LogP contribution in [-0.4, -0.2) is 57.7 Å². The van der Waals surface area contributed by atoms with Gasteiger partial charge in [-0.25, -0.2) is 0 Å². The molecule has 1 N–H and O–H groups in total. The molecule has 0 bridgehead atoms. The van der Waals surface area contributed by atoms with Crippen LogP contribution in [0.4, 0.5) is 0 Å². The maximum absolute atomic E-state index is 13.0. The van der Waals surface area contributed by atoms with Gasteiger partial charge in [-0.05, 0) is 43.4 Å². The van der Waals surface area contributed by atoms with Crippen LogP contribution in [0.5, 0.6) is 0 Å². The first-order chi connectivity index (χ1) is 13.9. The van der Waals surface area contributed by atoms with Crippen molar-refractivity contribution in [2.75, 3.05) is 13.1 Å². The summed E-state index contributed by atoms with van der Waals surface area (Å²) in [5.74, 6) is -2.26. The molecule has 1 aromatic rings. The number of carbonyl (C=O) groups excluding carboxylic acids is 3. The number of piperidine rings is 1. The van der Waals surface area contributed by atoms with Crippen molar-refractivity contribution >= 4 is 23.7 Å². The van der Waals surface area contributed by atoms with Crippen LogP contribution >= 0.6 is 0 Å². The van der Waals surface area contributed by atoms with Crippen molar-refractivity contribution in [3.63, 3.8) is 0 Å². The molecular weight excluding hydrogens is 372 g/mol. The Morgan fingerprint density at radius 3 is 2.38 bits per heavy atom. The van der Waals surface area contributed by atoms with E-state index >= 15 is 0 Å². The molecule has 2 heterocycles. The second-order valence-corrected chi connectivity index (χ2v) is 8.62. The van der Waals surface area contributed by atoms with E-state index in [9.17, 15) is 24.3 Å². The van der Waals surface area contributed by atoms with E-state index in [1.165, 1.54) is 11.0 Å². The second kappa shape index (κ2) is 7.61. The Morgan fingerprint density at radius 2 is 1.69 bits per heavy atom. The minimum absolute atomic E-state index is 0.0606.